The molecule has 2 aromatic rings. The molecule has 19 heavy (non-hydrogen) atoms. The summed E-state index contributed by atoms with van der Waals surface area (Å²) in [6.07, 6.45) is 0.772. The van der Waals surface area contributed by atoms with Crippen LogP contribution in [0, 0.1) is 6.92 Å². The second-order valence-electron chi connectivity index (χ2n) is 4.24. The van der Waals surface area contributed by atoms with Crippen LogP contribution in [0.2, 0.25) is 0 Å². The van der Waals surface area contributed by atoms with E-state index in [0.717, 1.165) is 42.0 Å². The van der Waals surface area contributed by atoms with Crippen LogP contribution in [0.25, 0.3) is 0 Å². The van der Waals surface area contributed by atoms with Gasteiger partial charge in [0.25, 0.3) is 0 Å². The first kappa shape index (κ1) is 15.7. The standard InChI is InChI=1S/C12H14Br3N3S/c1-3-18-9(11(14)6(2)17-18)5-8(16)10-4-7(13)12(15)19-10/h4,8H,3,5,16H2,1-2H3. The third-order valence-corrected chi connectivity index (χ3v) is 7.32. The summed E-state index contributed by atoms with van der Waals surface area (Å²) in [5, 5.41) is 4.50. The van der Waals surface area contributed by atoms with Gasteiger partial charge < -0.3 is 5.73 Å². The summed E-state index contributed by atoms with van der Waals surface area (Å²) in [6, 6.07) is 2.05. The Morgan fingerprint density at radius 1 is 1.42 bits per heavy atom. The van der Waals surface area contributed by atoms with Gasteiger partial charge in [0, 0.05) is 28.4 Å². The molecule has 3 nitrogen and oxygen atoms in total. The summed E-state index contributed by atoms with van der Waals surface area (Å²) in [4.78, 5) is 1.16. The maximum absolute atomic E-state index is 6.32. The van der Waals surface area contributed by atoms with Gasteiger partial charge in [0.2, 0.25) is 0 Å². The maximum Gasteiger partial charge on any atom is 0.0843 e. The van der Waals surface area contributed by atoms with Crippen LogP contribution in [0.1, 0.15) is 29.2 Å². The Morgan fingerprint density at radius 2 is 2.11 bits per heavy atom. The van der Waals surface area contributed by atoms with Crippen LogP contribution in [0.15, 0.2) is 18.8 Å². The lowest BCUT2D eigenvalue weighted by Gasteiger charge is -2.11. The number of nitrogens with zero attached hydrogens (tertiary/aromatic N) is 2. The van der Waals surface area contributed by atoms with E-state index in [1.165, 1.54) is 0 Å². The zero-order valence-corrected chi connectivity index (χ0v) is 16.2. The summed E-state index contributed by atoms with van der Waals surface area (Å²) in [7, 11) is 0. The molecule has 104 valence electrons. The van der Waals surface area contributed by atoms with Crippen LogP contribution >= 0.6 is 59.1 Å². The highest BCUT2D eigenvalue weighted by Gasteiger charge is 2.18. The van der Waals surface area contributed by atoms with Gasteiger partial charge in [-0.3, -0.25) is 4.68 Å². The van der Waals surface area contributed by atoms with E-state index in [1.54, 1.807) is 11.3 Å². The Balaban J connectivity index is 2.25. The Bertz CT molecular complexity index is 572. The van der Waals surface area contributed by atoms with Gasteiger partial charge in [0.05, 0.1) is 19.6 Å². The SMILES string of the molecule is CCn1nc(C)c(Br)c1CC(N)c1cc(Br)c(Br)s1. The van der Waals surface area contributed by atoms with E-state index < -0.39 is 0 Å². The fourth-order valence-electron chi connectivity index (χ4n) is 1.92. The first-order valence-corrected chi connectivity index (χ1v) is 9.05. The Hall–Kier alpha value is 0.310. The highest BCUT2D eigenvalue weighted by Crippen LogP contribution is 2.36. The van der Waals surface area contributed by atoms with Crippen molar-refractivity contribution < 1.29 is 0 Å². The molecule has 0 fully saturated rings. The van der Waals surface area contributed by atoms with E-state index in [-0.39, 0.29) is 6.04 Å². The molecule has 0 bridgehead atoms. The molecule has 0 spiro atoms. The largest absolute Gasteiger partial charge is 0.323 e. The third kappa shape index (κ3) is 3.32. The minimum Gasteiger partial charge on any atom is -0.323 e. The topological polar surface area (TPSA) is 43.8 Å². The Kier molecular flexibility index (Phi) is 5.28. The summed E-state index contributed by atoms with van der Waals surface area (Å²) < 4.78 is 5.22. The average molecular weight is 472 g/mol. The molecule has 0 saturated carbocycles. The van der Waals surface area contributed by atoms with E-state index in [2.05, 4.69) is 65.9 Å². The summed E-state index contributed by atoms with van der Waals surface area (Å²) in [6.45, 7) is 4.95. The van der Waals surface area contributed by atoms with Crippen molar-refractivity contribution in [3.05, 3.63) is 35.1 Å². The average Bonchev–Trinajstić information content (AvgIpc) is 2.84. The van der Waals surface area contributed by atoms with Crippen LogP contribution in [0.5, 0.6) is 0 Å². The van der Waals surface area contributed by atoms with E-state index in [1.807, 2.05) is 11.6 Å². The minimum atomic E-state index is -0.0229. The van der Waals surface area contributed by atoms with Gasteiger partial charge in [-0.1, -0.05) is 0 Å². The van der Waals surface area contributed by atoms with Crippen LogP contribution in [-0.4, -0.2) is 9.78 Å². The van der Waals surface area contributed by atoms with Gasteiger partial charge in [-0.05, 0) is 67.7 Å². The monoisotopic (exact) mass is 469 g/mol. The normalized spacial score (nSPS) is 12.9. The van der Waals surface area contributed by atoms with Gasteiger partial charge >= 0.3 is 0 Å². The molecule has 2 heterocycles. The van der Waals surface area contributed by atoms with Gasteiger partial charge in [-0.2, -0.15) is 5.10 Å². The number of halogens is 3. The van der Waals surface area contributed by atoms with Crippen molar-refractivity contribution in [3.63, 3.8) is 0 Å². The second kappa shape index (κ2) is 6.39. The van der Waals surface area contributed by atoms with Crippen molar-refractivity contribution >= 4 is 59.1 Å². The molecule has 1 unspecified atom stereocenters. The lowest BCUT2D eigenvalue weighted by molar-refractivity contribution is 0.589. The summed E-state index contributed by atoms with van der Waals surface area (Å²) >= 11 is 12.3. The zero-order valence-electron chi connectivity index (χ0n) is 10.6. The van der Waals surface area contributed by atoms with Gasteiger partial charge in [0.15, 0.2) is 0 Å². The van der Waals surface area contributed by atoms with Gasteiger partial charge in [0.1, 0.15) is 0 Å². The Labute approximate surface area is 142 Å². The molecule has 1 atom stereocenters. The lowest BCUT2D eigenvalue weighted by atomic mass is 10.1. The van der Waals surface area contributed by atoms with Gasteiger partial charge in [-0.15, -0.1) is 11.3 Å². The van der Waals surface area contributed by atoms with E-state index in [4.69, 9.17) is 5.73 Å². The van der Waals surface area contributed by atoms with Crippen LogP contribution < -0.4 is 5.73 Å². The molecule has 0 aromatic carbocycles. The number of nitrogens with two attached hydrogens (primary N) is 1. The number of hydrogen-bond acceptors (Lipinski definition) is 3. The molecule has 0 saturated heterocycles. The molecular formula is C12H14Br3N3S. The molecule has 0 aliphatic rings. The first-order valence-electron chi connectivity index (χ1n) is 5.86. The molecule has 0 aliphatic heterocycles. The smallest absolute Gasteiger partial charge is 0.0843 e. The number of aromatic nitrogens is 2. The van der Waals surface area contributed by atoms with Crippen LogP contribution in [-0.2, 0) is 13.0 Å². The predicted molar refractivity (Wildman–Crippen MR) is 90.7 cm³/mol. The van der Waals surface area contributed by atoms with Crippen molar-refractivity contribution in [2.24, 2.45) is 5.73 Å². The number of aryl methyl sites for hydroxylation is 2. The van der Waals surface area contributed by atoms with E-state index in [9.17, 15) is 0 Å². The number of rotatable bonds is 4. The van der Waals surface area contributed by atoms with E-state index in [0.29, 0.717) is 0 Å². The van der Waals surface area contributed by atoms with Crippen molar-refractivity contribution in [2.45, 2.75) is 32.9 Å². The molecule has 0 radical (unpaired) electrons. The van der Waals surface area contributed by atoms with Crippen molar-refractivity contribution in [1.82, 2.24) is 9.78 Å². The minimum absolute atomic E-state index is 0.0229. The lowest BCUT2D eigenvalue weighted by Crippen LogP contribution is -2.15. The summed E-state index contributed by atoms with van der Waals surface area (Å²) in [5.74, 6) is 0. The first-order chi connectivity index (χ1) is 8.93. The predicted octanol–water partition coefficient (Wildman–Crippen LogP) is 4.80. The maximum atomic E-state index is 6.32. The highest BCUT2D eigenvalue weighted by molar-refractivity contribution is 9.13. The zero-order chi connectivity index (χ0) is 14.2. The van der Waals surface area contributed by atoms with E-state index >= 15 is 0 Å². The molecule has 2 aromatic heterocycles. The molecule has 0 aliphatic carbocycles. The molecule has 7 heteroatoms. The van der Waals surface area contributed by atoms with Crippen LogP contribution in [0.3, 0.4) is 0 Å². The van der Waals surface area contributed by atoms with Crippen molar-refractivity contribution in [3.8, 4) is 0 Å². The third-order valence-electron chi connectivity index (χ3n) is 2.90. The fraction of sp³-hybridized carbons (Fsp3) is 0.417. The number of thiophene rings is 1. The highest BCUT2D eigenvalue weighted by atomic mass is 79.9. The van der Waals surface area contributed by atoms with Crippen molar-refractivity contribution in [2.75, 3.05) is 0 Å². The van der Waals surface area contributed by atoms with Gasteiger partial charge in [-0.25, -0.2) is 0 Å². The Morgan fingerprint density at radius 3 is 2.63 bits per heavy atom. The summed E-state index contributed by atoms with van der Waals surface area (Å²) in [5.41, 5.74) is 8.49. The molecular weight excluding hydrogens is 458 g/mol. The fourth-order valence-corrected chi connectivity index (χ4v) is 4.46. The molecule has 2 N–H and O–H groups in total. The second-order valence-corrected chi connectivity index (χ2v) is 8.29. The number of hydrogen-bond donors (Lipinski definition) is 1. The quantitative estimate of drug-likeness (QED) is 0.695. The molecule has 0 amide bonds. The van der Waals surface area contributed by atoms with Crippen molar-refractivity contribution in [1.29, 1.82) is 0 Å². The van der Waals surface area contributed by atoms with Crippen LogP contribution in [0.4, 0.5) is 0 Å². The molecule has 2 rings (SSSR count).